The Bertz CT molecular complexity index is 1060. The van der Waals surface area contributed by atoms with E-state index < -0.39 is 11.8 Å². The van der Waals surface area contributed by atoms with Crippen LogP contribution >= 0.6 is 11.8 Å². The van der Waals surface area contributed by atoms with Crippen LogP contribution in [0, 0.1) is 0 Å². The van der Waals surface area contributed by atoms with E-state index in [1.54, 1.807) is 11.8 Å². The van der Waals surface area contributed by atoms with E-state index in [-0.39, 0.29) is 0 Å². The fourth-order valence-corrected chi connectivity index (χ4v) is 4.31. The number of benzene rings is 3. The molecule has 0 bridgehead atoms. The molecule has 4 rings (SSSR count). The van der Waals surface area contributed by atoms with Gasteiger partial charge in [0.05, 0.1) is 0 Å². The Labute approximate surface area is 161 Å². The number of hydrogen-bond donors (Lipinski definition) is 3. The molecule has 3 aromatic carbocycles. The molecule has 0 saturated carbocycles. The molecule has 3 N–H and O–H groups in total. The van der Waals surface area contributed by atoms with Crippen molar-refractivity contribution in [1.82, 2.24) is 10.5 Å². The first-order chi connectivity index (χ1) is 13.3. The Morgan fingerprint density at radius 3 is 2.22 bits per heavy atom. The lowest BCUT2D eigenvalue weighted by molar-refractivity contribution is -0.129. The second-order valence-corrected chi connectivity index (χ2v) is 7.23. The number of aromatic amines is 1. The number of amides is 1. The predicted octanol–water partition coefficient (Wildman–Crippen LogP) is 4.96. The summed E-state index contributed by atoms with van der Waals surface area (Å²) in [5, 5.41) is 10.4. The second kappa shape index (κ2) is 7.70. The third kappa shape index (κ3) is 3.47. The molecule has 0 saturated heterocycles. The Balaban J connectivity index is 1.91. The molecule has 0 aliphatic heterocycles. The van der Waals surface area contributed by atoms with Gasteiger partial charge in [-0.3, -0.25) is 10.0 Å². The normalized spacial score (nSPS) is 12.0. The van der Waals surface area contributed by atoms with E-state index >= 15 is 0 Å². The molecule has 1 atom stereocenters. The first-order valence-electron chi connectivity index (χ1n) is 8.60. The number of aromatic nitrogens is 1. The van der Waals surface area contributed by atoms with Gasteiger partial charge < -0.3 is 4.98 Å². The van der Waals surface area contributed by atoms with Crippen LogP contribution in [-0.4, -0.2) is 16.1 Å². The van der Waals surface area contributed by atoms with Gasteiger partial charge in [-0.05, 0) is 23.8 Å². The maximum absolute atomic E-state index is 12.6. The first-order valence-corrected chi connectivity index (χ1v) is 9.42. The zero-order valence-corrected chi connectivity index (χ0v) is 15.2. The third-order valence-electron chi connectivity index (χ3n) is 4.44. The summed E-state index contributed by atoms with van der Waals surface area (Å²) in [6.07, 6.45) is 0. The summed E-state index contributed by atoms with van der Waals surface area (Å²) in [5.41, 5.74) is 4.36. The molecule has 134 valence electrons. The lowest BCUT2D eigenvalue weighted by Gasteiger charge is -2.16. The Morgan fingerprint density at radius 1 is 0.889 bits per heavy atom. The van der Waals surface area contributed by atoms with Gasteiger partial charge in [0, 0.05) is 26.4 Å². The van der Waals surface area contributed by atoms with Crippen molar-refractivity contribution in [2.24, 2.45) is 0 Å². The van der Waals surface area contributed by atoms with Gasteiger partial charge in [-0.25, -0.2) is 5.48 Å². The molecule has 4 nitrogen and oxygen atoms in total. The molecule has 0 spiro atoms. The highest BCUT2D eigenvalue weighted by Crippen LogP contribution is 2.41. The van der Waals surface area contributed by atoms with Gasteiger partial charge in [0.25, 0.3) is 5.91 Å². The summed E-state index contributed by atoms with van der Waals surface area (Å²) >= 11 is 1.61. The smallest absolute Gasteiger partial charge is 0.256 e. The van der Waals surface area contributed by atoms with Gasteiger partial charge in [-0.2, -0.15) is 0 Å². The fourth-order valence-electron chi connectivity index (χ4n) is 3.22. The molecular formula is C22H18N2O2S. The summed E-state index contributed by atoms with van der Waals surface area (Å²) < 4.78 is 0. The molecule has 0 radical (unpaired) electrons. The summed E-state index contributed by atoms with van der Waals surface area (Å²) in [4.78, 5) is 18.1. The summed E-state index contributed by atoms with van der Waals surface area (Å²) in [6.45, 7) is 0. The van der Waals surface area contributed by atoms with Crippen molar-refractivity contribution in [2.45, 2.75) is 15.7 Å². The van der Waals surface area contributed by atoms with Crippen molar-refractivity contribution in [3.63, 3.8) is 0 Å². The topological polar surface area (TPSA) is 65.1 Å². The number of carbonyl (C=O) groups is 1. The van der Waals surface area contributed by atoms with Crippen LogP contribution < -0.4 is 5.48 Å². The van der Waals surface area contributed by atoms with Crippen LogP contribution in [0.15, 0.2) is 94.7 Å². The number of H-pyrrole nitrogens is 1. The number of hydroxylamine groups is 1. The molecule has 0 aliphatic carbocycles. The van der Waals surface area contributed by atoms with Crippen LogP contribution in [0.5, 0.6) is 0 Å². The minimum Gasteiger partial charge on any atom is -0.356 e. The molecule has 1 aromatic heterocycles. The lowest BCUT2D eigenvalue weighted by atomic mass is 9.95. The number of hydrogen-bond acceptors (Lipinski definition) is 3. The van der Waals surface area contributed by atoms with E-state index in [1.807, 2.05) is 90.4 Å². The SMILES string of the molecule is O=C(NO)C(c1ccccc1)c1[nH]c2ccccc2c1Sc1ccccc1. The van der Waals surface area contributed by atoms with Crippen molar-refractivity contribution in [2.75, 3.05) is 0 Å². The van der Waals surface area contributed by atoms with E-state index in [2.05, 4.69) is 4.98 Å². The molecule has 4 aromatic rings. The maximum atomic E-state index is 12.6. The van der Waals surface area contributed by atoms with Gasteiger partial charge in [0.15, 0.2) is 0 Å². The fraction of sp³-hybridized carbons (Fsp3) is 0.0455. The monoisotopic (exact) mass is 374 g/mol. The molecule has 0 aliphatic rings. The van der Waals surface area contributed by atoms with Crippen molar-refractivity contribution in [3.05, 3.63) is 96.2 Å². The largest absolute Gasteiger partial charge is 0.356 e. The second-order valence-electron chi connectivity index (χ2n) is 6.15. The molecule has 1 heterocycles. The molecule has 1 unspecified atom stereocenters. The van der Waals surface area contributed by atoms with Crippen LogP contribution in [0.25, 0.3) is 10.9 Å². The molecular weight excluding hydrogens is 356 g/mol. The van der Waals surface area contributed by atoms with E-state index in [4.69, 9.17) is 0 Å². The Kier molecular flexibility index (Phi) is 4.96. The summed E-state index contributed by atoms with van der Waals surface area (Å²) in [6, 6.07) is 27.5. The zero-order chi connectivity index (χ0) is 18.6. The van der Waals surface area contributed by atoms with Crippen LogP contribution in [0.3, 0.4) is 0 Å². The summed E-state index contributed by atoms with van der Waals surface area (Å²) in [5.74, 6) is -1.11. The highest BCUT2D eigenvalue weighted by atomic mass is 32.2. The van der Waals surface area contributed by atoms with Gasteiger partial charge in [0.1, 0.15) is 5.92 Å². The predicted molar refractivity (Wildman–Crippen MR) is 107 cm³/mol. The van der Waals surface area contributed by atoms with E-state index in [0.29, 0.717) is 0 Å². The van der Waals surface area contributed by atoms with Crippen molar-refractivity contribution in [3.8, 4) is 0 Å². The highest BCUT2D eigenvalue weighted by Gasteiger charge is 2.28. The molecule has 5 heteroatoms. The van der Waals surface area contributed by atoms with Crippen LogP contribution in [-0.2, 0) is 4.79 Å². The standard InChI is InChI=1S/C22H18N2O2S/c25-22(24-26)19(15-9-3-1-4-10-15)20-21(27-16-11-5-2-6-12-16)17-13-7-8-14-18(17)23-20/h1-14,19,23,26H,(H,24,25). The van der Waals surface area contributed by atoms with Crippen molar-refractivity contribution < 1.29 is 10.0 Å². The minimum absolute atomic E-state index is 0.470. The van der Waals surface area contributed by atoms with Crippen LogP contribution in [0.2, 0.25) is 0 Å². The van der Waals surface area contributed by atoms with E-state index in [9.17, 15) is 10.0 Å². The van der Waals surface area contributed by atoms with Gasteiger partial charge >= 0.3 is 0 Å². The zero-order valence-electron chi connectivity index (χ0n) is 14.4. The number of carbonyl (C=O) groups excluding carboxylic acids is 1. The van der Waals surface area contributed by atoms with Crippen molar-refractivity contribution >= 4 is 28.6 Å². The molecule has 27 heavy (non-hydrogen) atoms. The first kappa shape index (κ1) is 17.4. The quantitative estimate of drug-likeness (QED) is 0.342. The van der Waals surface area contributed by atoms with Crippen molar-refractivity contribution in [1.29, 1.82) is 0 Å². The number of fused-ring (bicyclic) bond motifs is 1. The van der Waals surface area contributed by atoms with E-state index in [0.717, 1.165) is 32.0 Å². The maximum Gasteiger partial charge on any atom is 0.256 e. The van der Waals surface area contributed by atoms with E-state index in [1.165, 1.54) is 0 Å². The minimum atomic E-state index is -0.644. The third-order valence-corrected chi connectivity index (χ3v) is 5.59. The lowest BCUT2D eigenvalue weighted by Crippen LogP contribution is -2.27. The average Bonchev–Trinajstić information content (AvgIpc) is 3.08. The number of nitrogens with one attached hydrogen (secondary N) is 2. The van der Waals surface area contributed by atoms with Gasteiger partial charge in [-0.15, -0.1) is 0 Å². The van der Waals surface area contributed by atoms with Crippen LogP contribution in [0.4, 0.5) is 0 Å². The molecule has 0 fully saturated rings. The number of rotatable bonds is 5. The molecule has 1 amide bonds. The summed E-state index contributed by atoms with van der Waals surface area (Å²) in [7, 11) is 0. The Hall–Kier alpha value is -3.02. The van der Waals surface area contributed by atoms with Gasteiger partial charge in [-0.1, -0.05) is 78.5 Å². The van der Waals surface area contributed by atoms with Crippen LogP contribution in [0.1, 0.15) is 17.2 Å². The number of para-hydroxylation sites is 1. The van der Waals surface area contributed by atoms with Gasteiger partial charge in [0.2, 0.25) is 0 Å². The highest BCUT2D eigenvalue weighted by molar-refractivity contribution is 7.99. The average molecular weight is 374 g/mol. The Morgan fingerprint density at radius 2 is 1.52 bits per heavy atom.